The minimum atomic E-state index is -4.81. The van der Waals surface area contributed by atoms with Gasteiger partial charge in [0.2, 0.25) is 0 Å². The van der Waals surface area contributed by atoms with Gasteiger partial charge in [0.25, 0.3) is 0 Å². The number of alkyl halides is 3. The largest absolute Gasteiger partial charge is 0.573 e. The van der Waals surface area contributed by atoms with Crippen LogP contribution >= 0.6 is 11.8 Å². The monoisotopic (exact) mass is 399 g/mol. The van der Waals surface area contributed by atoms with Crippen LogP contribution < -0.4 is 0 Å². The lowest BCUT2D eigenvalue weighted by molar-refractivity contribution is -0.301. The second-order valence-electron chi connectivity index (χ2n) is 6.18. The maximum Gasteiger partial charge on any atom is 0.573 e. The summed E-state index contributed by atoms with van der Waals surface area (Å²) in [7, 11) is 3.57. The first-order valence-corrected chi connectivity index (χ1v) is 9.40. The normalized spacial score (nSPS) is 23.2. The first kappa shape index (κ1) is 19.5. The second-order valence-corrected chi connectivity index (χ2v) is 7.43. The van der Waals surface area contributed by atoms with E-state index in [-0.39, 0.29) is 5.70 Å². The summed E-state index contributed by atoms with van der Waals surface area (Å²) in [6, 6.07) is 0. The molecular weight excluding hydrogens is 379 g/mol. The highest BCUT2D eigenvalue weighted by Crippen LogP contribution is 2.41. The molecular formula is C17H20F3N5OS. The molecule has 1 fully saturated rings. The van der Waals surface area contributed by atoms with Crippen LogP contribution in [-0.4, -0.2) is 45.8 Å². The highest BCUT2D eigenvalue weighted by Gasteiger charge is 2.33. The Morgan fingerprint density at radius 2 is 2.04 bits per heavy atom. The van der Waals surface area contributed by atoms with Crippen LogP contribution in [0.5, 0.6) is 0 Å². The van der Waals surface area contributed by atoms with Gasteiger partial charge < -0.3 is 9.30 Å². The van der Waals surface area contributed by atoms with Crippen molar-refractivity contribution in [3.05, 3.63) is 35.6 Å². The van der Waals surface area contributed by atoms with Gasteiger partial charge in [-0.15, -0.1) is 24.9 Å². The number of rotatable bonds is 5. The standard InChI is InChI=1S/C17H20F3N5OS/c1-5-27-16-13(23-14(24(16)3)11-6-7-11)15-22-10(2)8-12(9-21-25(15)4)26-17(18,19)20/h8-9,11H,2,5-7H2,1,3-4H3/b12-8+,21-9-,22-15-. The fourth-order valence-electron chi connectivity index (χ4n) is 2.69. The number of aromatic nitrogens is 2. The number of aliphatic imine (C=N–C) groups is 1. The average Bonchev–Trinajstić information content (AvgIpc) is 3.35. The quantitative estimate of drug-likeness (QED) is 0.702. The molecule has 6 nitrogen and oxygen atoms in total. The number of hydrogen-bond acceptors (Lipinski definition) is 6. The first-order chi connectivity index (χ1) is 12.7. The van der Waals surface area contributed by atoms with Crippen molar-refractivity contribution in [2.75, 3.05) is 12.8 Å². The van der Waals surface area contributed by atoms with Crippen molar-refractivity contribution < 1.29 is 17.9 Å². The van der Waals surface area contributed by atoms with Gasteiger partial charge in [0.05, 0.1) is 11.9 Å². The molecule has 3 rings (SSSR count). The Hall–Kier alpha value is -2.23. The molecule has 0 unspecified atom stereocenters. The molecule has 146 valence electrons. The van der Waals surface area contributed by atoms with E-state index in [9.17, 15) is 13.2 Å². The SMILES string of the molecule is C=C1/C=C(OC(F)(F)F)\C=N/N(C)/C(c2nc(C3CC3)n(C)c2SCC)=N\1. The summed E-state index contributed by atoms with van der Waals surface area (Å²) in [5.74, 6) is 2.23. The number of halogens is 3. The molecule has 2 heterocycles. The molecule has 0 aromatic carbocycles. The molecule has 2 aliphatic rings. The zero-order valence-electron chi connectivity index (χ0n) is 15.2. The summed E-state index contributed by atoms with van der Waals surface area (Å²) < 4.78 is 43.5. The van der Waals surface area contributed by atoms with Gasteiger partial charge in [0.1, 0.15) is 16.5 Å². The molecule has 10 heteroatoms. The maximum atomic E-state index is 12.5. The van der Waals surface area contributed by atoms with Crippen LogP contribution in [-0.2, 0) is 11.8 Å². The predicted octanol–water partition coefficient (Wildman–Crippen LogP) is 4.02. The second kappa shape index (κ2) is 7.41. The van der Waals surface area contributed by atoms with Gasteiger partial charge in [-0.25, -0.2) is 15.0 Å². The zero-order chi connectivity index (χ0) is 19.8. The third kappa shape index (κ3) is 4.55. The number of amidine groups is 1. The van der Waals surface area contributed by atoms with E-state index in [4.69, 9.17) is 4.98 Å². The summed E-state index contributed by atoms with van der Waals surface area (Å²) in [6.45, 7) is 5.76. The summed E-state index contributed by atoms with van der Waals surface area (Å²) in [6.07, 6.45) is -0.511. The summed E-state index contributed by atoms with van der Waals surface area (Å²) in [5, 5.41) is 6.36. The van der Waals surface area contributed by atoms with Crippen LogP contribution in [0, 0.1) is 0 Å². The van der Waals surface area contributed by atoms with Gasteiger partial charge in [-0.3, -0.25) is 0 Å². The maximum absolute atomic E-state index is 12.5. The molecule has 0 atom stereocenters. The average molecular weight is 399 g/mol. The molecule has 1 aromatic heterocycles. The summed E-state index contributed by atoms with van der Waals surface area (Å²) in [5.41, 5.74) is 0.772. The van der Waals surface area contributed by atoms with Crippen molar-refractivity contribution >= 4 is 23.8 Å². The van der Waals surface area contributed by atoms with Crippen molar-refractivity contribution in [1.29, 1.82) is 0 Å². The smallest absolute Gasteiger partial charge is 0.404 e. The molecule has 1 saturated carbocycles. The van der Waals surface area contributed by atoms with Gasteiger partial charge in [-0.1, -0.05) is 13.5 Å². The van der Waals surface area contributed by atoms with Crippen LogP contribution in [0.4, 0.5) is 13.2 Å². The van der Waals surface area contributed by atoms with Gasteiger partial charge in [0, 0.05) is 26.1 Å². The molecule has 1 aliphatic carbocycles. The fourth-order valence-corrected chi connectivity index (χ4v) is 3.52. The Morgan fingerprint density at radius 1 is 1.33 bits per heavy atom. The lowest BCUT2D eigenvalue weighted by Gasteiger charge is -2.18. The Balaban J connectivity index is 2.01. The van der Waals surface area contributed by atoms with E-state index in [1.807, 2.05) is 14.0 Å². The van der Waals surface area contributed by atoms with E-state index in [1.165, 1.54) is 5.01 Å². The number of thioether (sulfide) groups is 1. The third-order valence-electron chi connectivity index (χ3n) is 3.97. The summed E-state index contributed by atoms with van der Waals surface area (Å²) in [4.78, 5) is 9.14. The van der Waals surface area contributed by atoms with Gasteiger partial charge in [-0.2, -0.15) is 5.10 Å². The van der Waals surface area contributed by atoms with Crippen LogP contribution in [0.1, 0.15) is 37.2 Å². The number of hydrogen-bond donors (Lipinski definition) is 0. The van der Waals surface area contributed by atoms with Gasteiger partial charge in [0.15, 0.2) is 11.6 Å². The van der Waals surface area contributed by atoms with E-state index >= 15 is 0 Å². The lowest BCUT2D eigenvalue weighted by Crippen LogP contribution is -2.25. The third-order valence-corrected chi connectivity index (χ3v) is 5.00. The molecule has 0 spiro atoms. The van der Waals surface area contributed by atoms with Crippen LogP contribution in [0.3, 0.4) is 0 Å². The van der Waals surface area contributed by atoms with E-state index in [2.05, 4.69) is 26.0 Å². The molecule has 0 N–H and O–H groups in total. The Labute approximate surface area is 159 Å². The minimum absolute atomic E-state index is 0.119. The molecule has 0 amide bonds. The lowest BCUT2D eigenvalue weighted by atomic mass is 10.3. The van der Waals surface area contributed by atoms with Crippen molar-refractivity contribution in [2.45, 2.75) is 37.1 Å². The number of ether oxygens (including phenoxy) is 1. The number of nitrogens with zero attached hydrogens (tertiary/aromatic N) is 5. The molecule has 27 heavy (non-hydrogen) atoms. The molecule has 1 aliphatic heterocycles. The number of allylic oxidation sites excluding steroid dienone is 2. The molecule has 1 aromatic rings. The number of hydrazone groups is 1. The highest BCUT2D eigenvalue weighted by atomic mass is 32.2. The minimum Gasteiger partial charge on any atom is -0.404 e. The first-order valence-electron chi connectivity index (χ1n) is 8.42. The summed E-state index contributed by atoms with van der Waals surface area (Å²) >= 11 is 1.63. The molecule has 0 bridgehead atoms. The van der Waals surface area contributed by atoms with Crippen LogP contribution in [0.25, 0.3) is 0 Å². The van der Waals surface area contributed by atoms with Crippen molar-refractivity contribution in [1.82, 2.24) is 14.6 Å². The van der Waals surface area contributed by atoms with Crippen molar-refractivity contribution in [2.24, 2.45) is 17.1 Å². The number of imidazole rings is 1. The molecule has 0 radical (unpaired) electrons. The van der Waals surface area contributed by atoms with Crippen LogP contribution in [0.2, 0.25) is 0 Å². The Kier molecular flexibility index (Phi) is 5.36. The van der Waals surface area contributed by atoms with E-state index < -0.39 is 12.1 Å². The Morgan fingerprint density at radius 3 is 2.63 bits per heavy atom. The van der Waals surface area contributed by atoms with Gasteiger partial charge >= 0.3 is 6.36 Å². The topological polar surface area (TPSA) is 55.0 Å². The van der Waals surface area contributed by atoms with Crippen molar-refractivity contribution in [3.8, 4) is 0 Å². The fraction of sp³-hybridized carbons (Fsp3) is 0.471. The Bertz CT molecular complexity index is 836. The zero-order valence-corrected chi connectivity index (χ0v) is 16.1. The highest BCUT2D eigenvalue weighted by molar-refractivity contribution is 7.99. The van der Waals surface area contributed by atoms with Crippen molar-refractivity contribution in [3.63, 3.8) is 0 Å². The van der Waals surface area contributed by atoms with Gasteiger partial charge in [-0.05, 0) is 18.6 Å². The van der Waals surface area contributed by atoms with E-state index in [0.717, 1.165) is 41.7 Å². The van der Waals surface area contributed by atoms with E-state index in [1.54, 1.807) is 18.8 Å². The molecule has 0 saturated heterocycles. The predicted molar refractivity (Wildman–Crippen MR) is 98.7 cm³/mol. The van der Waals surface area contributed by atoms with E-state index in [0.29, 0.717) is 17.4 Å². The van der Waals surface area contributed by atoms with Crippen LogP contribution in [0.15, 0.2) is 39.2 Å².